The van der Waals surface area contributed by atoms with Gasteiger partial charge in [0.15, 0.2) is 0 Å². The van der Waals surface area contributed by atoms with Crippen LogP contribution in [0.4, 0.5) is 0 Å². The number of amides is 3. The Balaban J connectivity index is 1.27. The molecule has 134 valence electrons. The Bertz CT molecular complexity index is 613. The highest BCUT2D eigenvalue weighted by Crippen LogP contribution is 2.65. The fraction of sp³-hybridized carbons (Fsp3) is 0.750. The van der Waals surface area contributed by atoms with Crippen molar-refractivity contribution < 1.29 is 14.4 Å². The summed E-state index contributed by atoms with van der Waals surface area (Å²) in [6, 6.07) is 0.204. The highest BCUT2D eigenvalue weighted by Gasteiger charge is 2.67. The van der Waals surface area contributed by atoms with E-state index in [9.17, 15) is 14.4 Å². The van der Waals surface area contributed by atoms with Gasteiger partial charge in [-0.25, -0.2) is 0 Å². The molecular weight excluding hydrogens is 316 g/mol. The number of carbonyl (C=O) groups excluding carboxylic acids is 3. The van der Waals surface area contributed by atoms with Crippen molar-refractivity contribution in [1.29, 1.82) is 0 Å². The first-order valence-electron chi connectivity index (χ1n) is 9.98. The van der Waals surface area contributed by atoms with Gasteiger partial charge in [-0.2, -0.15) is 0 Å². The minimum atomic E-state index is -0.197. The van der Waals surface area contributed by atoms with Gasteiger partial charge in [-0.05, 0) is 42.9 Å². The van der Waals surface area contributed by atoms with E-state index < -0.39 is 0 Å². The van der Waals surface area contributed by atoms with Crippen LogP contribution in [0.15, 0.2) is 12.2 Å². The molecule has 1 saturated heterocycles. The molecule has 2 bridgehead atoms. The summed E-state index contributed by atoms with van der Waals surface area (Å²) in [7, 11) is 0. The molecule has 1 N–H and O–H groups in total. The first-order valence-corrected chi connectivity index (χ1v) is 9.98. The normalized spacial score (nSPS) is 42.2. The lowest BCUT2D eigenvalue weighted by atomic mass is 9.63. The Morgan fingerprint density at radius 3 is 2.08 bits per heavy atom. The van der Waals surface area contributed by atoms with Gasteiger partial charge in [-0.15, -0.1) is 0 Å². The van der Waals surface area contributed by atoms with E-state index in [4.69, 9.17) is 0 Å². The molecule has 4 fully saturated rings. The van der Waals surface area contributed by atoms with Crippen LogP contribution in [0, 0.1) is 35.5 Å². The van der Waals surface area contributed by atoms with Gasteiger partial charge < -0.3 is 5.32 Å². The summed E-state index contributed by atoms with van der Waals surface area (Å²) in [5.41, 5.74) is 0. The van der Waals surface area contributed by atoms with Gasteiger partial charge in [-0.1, -0.05) is 37.8 Å². The van der Waals surface area contributed by atoms with Crippen LogP contribution in [0.25, 0.3) is 0 Å². The van der Waals surface area contributed by atoms with Gasteiger partial charge in [0.1, 0.15) is 6.54 Å². The van der Waals surface area contributed by atoms with E-state index >= 15 is 0 Å². The second-order valence-corrected chi connectivity index (χ2v) is 8.67. The first-order chi connectivity index (χ1) is 12.1. The lowest BCUT2D eigenvalue weighted by molar-refractivity contribution is -0.144. The molecule has 0 aromatic rings. The molecule has 25 heavy (non-hydrogen) atoms. The van der Waals surface area contributed by atoms with Crippen LogP contribution < -0.4 is 5.32 Å². The molecular formula is C20H26N2O3. The third kappa shape index (κ3) is 2.38. The van der Waals surface area contributed by atoms with Crippen LogP contribution in [0.1, 0.15) is 44.9 Å². The fourth-order valence-corrected chi connectivity index (χ4v) is 6.02. The average Bonchev–Trinajstić information content (AvgIpc) is 3.40. The van der Waals surface area contributed by atoms with Gasteiger partial charge in [0, 0.05) is 6.04 Å². The molecule has 6 atom stereocenters. The van der Waals surface area contributed by atoms with E-state index in [1.807, 2.05) is 0 Å². The zero-order chi connectivity index (χ0) is 17.1. The lowest BCUT2D eigenvalue weighted by Crippen LogP contribution is -2.44. The van der Waals surface area contributed by atoms with Crippen molar-refractivity contribution in [3.05, 3.63) is 12.2 Å². The monoisotopic (exact) mass is 342 g/mol. The summed E-state index contributed by atoms with van der Waals surface area (Å²) < 4.78 is 0. The molecule has 0 unspecified atom stereocenters. The van der Waals surface area contributed by atoms with Gasteiger partial charge in [0.2, 0.25) is 17.7 Å². The third-order valence-corrected chi connectivity index (χ3v) is 7.28. The molecule has 5 aliphatic carbocycles. The Kier molecular flexibility index (Phi) is 3.54. The number of carbonyl (C=O) groups is 3. The maximum Gasteiger partial charge on any atom is 0.240 e. The maximum atomic E-state index is 12.9. The summed E-state index contributed by atoms with van der Waals surface area (Å²) in [6.45, 7) is -0.0874. The van der Waals surface area contributed by atoms with Gasteiger partial charge >= 0.3 is 0 Å². The zero-order valence-electron chi connectivity index (χ0n) is 14.5. The van der Waals surface area contributed by atoms with E-state index in [1.165, 1.54) is 17.7 Å². The molecule has 3 amide bonds. The SMILES string of the molecule is O=C(CN1C(=O)[C@@H]2[C@H]3C=C[C@@H]([C@@H]4C[C@H]34)[C@@H]2C1=O)NC1CCCCCC1. The standard InChI is InChI=1S/C20H26N2O3/c23-16(21-11-5-3-1-2-4-6-11)10-22-19(24)17-12-7-8-13(15-9-14(12)15)18(17)20(22)25/h7-8,11-15,17-18H,1-6,9-10H2,(H,21,23)/t12-,13-,14-,15+,17-,18+/m0/s1. The lowest BCUT2D eigenvalue weighted by Gasteiger charge is -2.37. The number of hydrogen-bond acceptors (Lipinski definition) is 3. The first kappa shape index (κ1) is 15.6. The number of nitrogens with zero attached hydrogens (tertiary/aromatic N) is 1. The highest BCUT2D eigenvalue weighted by molar-refractivity contribution is 6.08. The van der Waals surface area contributed by atoms with Crippen molar-refractivity contribution in [2.75, 3.05) is 6.54 Å². The summed E-state index contributed by atoms with van der Waals surface area (Å²) in [5.74, 6) is 0.899. The number of imide groups is 1. The van der Waals surface area contributed by atoms with E-state index in [1.54, 1.807) is 0 Å². The van der Waals surface area contributed by atoms with Crippen molar-refractivity contribution in [3.8, 4) is 0 Å². The second-order valence-electron chi connectivity index (χ2n) is 8.67. The molecule has 1 aliphatic heterocycles. The summed E-state index contributed by atoms with van der Waals surface area (Å²) in [6.07, 6.45) is 12.3. The predicted octanol–water partition coefficient (Wildman–Crippen LogP) is 1.88. The molecule has 6 aliphatic rings. The second kappa shape index (κ2) is 5.68. The molecule has 0 spiro atoms. The van der Waals surface area contributed by atoms with Crippen LogP contribution >= 0.6 is 0 Å². The van der Waals surface area contributed by atoms with Gasteiger partial charge in [0.25, 0.3) is 0 Å². The quantitative estimate of drug-likeness (QED) is 0.484. The van der Waals surface area contributed by atoms with E-state index in [0.29, 0.717) is 11.8 Å². The van der Waals surface area contributed by atoms with Crippen molar-refractivity contribution in [2.24, 2.45) is 35.5 Å². The predicted molar refractivity (Wildman–Crippen MR) is 91.0 cm³/mol. The Hall–Kier alpha value is -1.65. The molecule has 0 aromatic carbocycles. The topological polar surface area (TPSA) is 66.5 Å². The number of allylic oxidation sites excluding steroid dienone is 2. The smallest absolute Gasteiger partial charge is 0.240 e. The summed E-state index contributed by atoms with van der Waals surface area (Å²) in [4.78, 5) is 39.5. The molecule has 5 heteroatoms. The maximum absolute atomic E-state index is 12.9. The highest BCUT2D eigenvalue weighted by atomic mass is 16.2. The summed E-state index contributed by atoms with van der Waals surface area (Å²) in [5, 5.41) is 3.06. The molecule has 0 aromatic heterocycles. The van der Waals surface area contributed by atoms with Crippen molar-refractivity contribution in [2.45, 2.75) is 51.0 Å². The molecule has 0 radical (unpaired) electrons. The molecule has 5 nitrogen and oxygen atoms in total. The van der Waals surface area contributed by atoms with Crippen LogP contribution in [-0.2, 0) is 14.4 Å². The van der Waals surface area contributed by atoms with Crippen LogP contribution in [0.5, 0.6) is 0 Å². The van der Waals surface area contributed by atoms with Gasteiger partial charge in [0.05, 0.1) is 11.8 Å². The number of likely N-dealkylation sites (tertiary alicyclic amines) is 1. The minimum Gasteiger partial charge on any atom is -0.352 e. The Morgan fingerprint density at radius 1 is 0.960 bits per heavy atom. The van der Waals surface area contributed by atoms with E-state index in [-0.39, 0.29) is 54.0 Å². The Morgan fingerprint density at radius 2 is 1.52 bits per heavy atom. The van der Waals surface area contributed by atoms with Crippen molar-refractivity contribution in [3.63, 3.8) is 0 Å². The number of rotatable bonds is 3. The van der Waals surface area contributed by atoms with Crippen LogP contribution in [-0.4, -0.2) is 35.2 Å². The van der Waals surface area contributed by atoms with E-state index in [2.05, 4.69) is 17.5 Å². The van der Waals surface area contributed by atoms with Crippen molar-refractivity contribution in [1.82, 2.24) is 10.2 Å². The van der Waals surface area contributed by atoms with Crippen LogP contribution in [0.3, 0.4) is 0 Å². The minimum absolute atomic E-state index is 0.0874. The van der Waals surface area contributed by atoms with Crippen molar-refractivity contribution >= 4 is 17.7 Å². The third-order valence-electron chi connectivity index (χ3n) is 7.28. The molecule has 3 saturated carbocycles. The fourth-order valence-electron chi connectivity index (χ4n) is 6.02. The summed E-state index contributed by atoms with van der Waals surface area (Å²) >= 11 is 0. The molecule has 6 rings (SSSR count). The van der Waals surface area contributed by atoms with E-state index in [0.717, 1.165) is 32.1 Å². The number of hydrogen-bond donors (Lipinski definition) is 1. The molecule has 1 heterocycles. The van der Waals surface area contributed by atoms with Crippen LogP contribution in [0.2, 0.25) is 0 Å². The largest absolute Gasteiger partial charge is 0.352 e. The average molecular weight is 342 g/mol. The zero-order valence-corrected chi connectivity index (χ0v) is 14.5. The Labute approximate surface area is 148 Å². The number of nitrogens with one attached hydrogen (secondary N) is 1. The van der Waals surface area contributed by atoms with Gasteiger partial charge in [-0.3, -0.25) is 19.3 Å².